The van der Waals surface area contributed by atoms with E-state index in [2.05, 4.69) is 49.4 Å². The van der Waals surface area contributed by atoms with Crippen molar-refractivity contribution in [3.8, 4) is 16.9 Å². The van der Waals surface area contributed by atoms with E-state index < -0.39 is 0 Å². The molecular weight excluding hydrogens is 436 g/mol. The molecule has 2 heterocycles. The van der Waals surface area contributed by atoms with E-state index in [1.54, 1.807) is 17.8 Å². The average Bonchev–Trinajstić information content (AvgIpc) is 3.32. The topological polar surface area (TPSA) is 59.0 Å². The van der Waals surface area contributed by atoms with Gasteiger partial charge in [0.1, 0.15) is 11.4 Å². The Kier molecular flexibility index (Phi) is 6.01. The summed E-state index contributed by atoms with van der Waals surface area (Å²) in [6.07, 6.45) is 1.56. The summed E-state index contributed by atoms with van der Waals surface area (Å²) in [7, 11) is 3.66. The molecule has 0 amide bonds. The smallest absolute Gasteiger partial charge is 0.275 e. The van der Waals surface area contributed by atoms with E-state index in [4.69, 9.17) is 11.3 Å². The number of nitrogens with zero attached hydrogens (tertiary/aromatic N) is 5. The van der Waals surface area contributed by atoms with Crippen molar-refractivity contribution in [2.75, 3.05) is 24.4 Å². The fourth-order valence-corrected chi connectivity index (χ4v) is 4.00. The number of anilines is 3. The normalized spacial score (nSPS) is 10.7. The Labute approximate surface area is 204 Å². The van der Waals surface area contributed by atoms with E-state index in [0.717, 1.165) is 33.8 Å². The molecule has 35 heavy (non-hydrogen) atoms. The standard InChI is InChI=1S/C28H24N6O/c1-29-27-18-30-28-25(33(2)19-20-12-14-24(35-3)15-13-20)17-26(32-34(27)28)31-23-11-7-10-22(16-23)21-8-5-4-6-9-21/h4-18H,19H2,2-3H3,(H,31,32). The van der Waals surface area contributed by atoms with Crippen molar-refractivity contribution < 1.29 is 4.74 Å². The third kappa shape index (κ3) is 4.63. The Hall–Kier alpha value is -4.83. The van der Waals surface area contributed by atoms with Crippen molar-refractivity contribution in [1.29, 1.82) is 0 Å². The second-order valence-electron chi connectivity index (χ2n) is 8.15. The van der Waals surface area contributed by atoms with Crippen molar-refractivity contribution in [3.63, 3.8) is 0 Å². The number of rotatable bonds is 7. The first-order chi connectivity index (χ1) is 17.1. The van der Waals surface area contributed by atoms with E-state index in [-0.39, 0.29) is 0 Å². The number of hydrogen-bond donors (Lipinski definition) is 1. The number of benzene rings is 3. The van der Waals surface area contributed by atoms with Crippen LogP contribution in [0.25, 0.3) is 21.6 Å². The molecule has 7 nitrogen and oxygen atoms in total. The van der Waals surface area contributed by atoms with Gasteiger partial charge in [0.05, 0.1) is 13.3 Å². The highest BCUT2D eigenvalue weighted by atomic mass is 16.5. The maximum absolute atomic E-state index is 7.53. The summed E-state index contributed by atoms with van der Waals surface area (Å²) in [6, 6.07) is 28.4. The third-order valence-electron chi connectivity index (χ3n) is 5.78. The summed E-state index contributed by atoms with van der Waals surface area (Å²) >= 11 is 0. The lowest BCUT2D eigenvalue weighted by Gasteiger charge is -2.20. The van der Waals surface area contributed by atoms with Crippen molar-refractivity contribution in [3.05, 3.63) is 108 Å². The Morgan fingerprint density at radius 2 is 1.74 bits per heavy atom. The molecule has 0 saturated heterocycles. The van der Waals surface area contributed by atoms with E-state index in [0.29, 0.717) is 23.8 Å². The number of aromatic nitrogens is 3. The van der Waals surface area contributed by atoms with Gasteiger partial charge in [-0.15, -0.1) is 4.52 Å². The van der Waals surface area contributed by atoms with Gasteiger partial charge in [0.25, 0.3) is 11.5 Å². The van der Waals surface area contributed by atoms with Crippen molar-refractivity contribution >= 4 is 28.7 Å². The fraction of sp³-hybridized carbons (Fsp3) is 0.107. The monoisotopic (exact) mass is 460 g/mol. The van der Waals surface area contributed by atoms with Crippen LogP contribution in [-0.4, -0.2) is 28.8 Å². The second-order valence-corrected chi connectivity index (χ2v) is 8.15. The van der Waals surface area contributed by atoms with Gasteiger partial charge in [0.15, 0.2) is 5.82 Å². The van der Waals surface area contributed by atoms with Crippen molar-refractivity contribution in [2.24, 2.45) is 0 Å². The van der Waals surface area contributed by atoms with Crippen LogP contribution in [0.15, 0.2) is 91.1 Å². The van der Waals surface area contributed by atoms with Gasteiger partial charge in [0.2, 0.25) is 0 Å². The molecule has 0 atom stereocenters. The van der Waals surface area contributed by atoms with Gasteiger partial charge in [-0.25, -0.2) is 4.98 Å². The summed E-state index contributed by atoms with van der Waals surface area (Å²) in [5.74, 6) is 1.81. The van der Waals surface area contributed by atoms with E-state index in [9.17, 15) is 0 Å². The van der Waals surface area contributed by atoms with Gasteiger partial charge in [-0.1, -0.05) is 66.3 Å². The zero-order valence-corrected chi connectivity index (χ0v) is 19.5. The van der Waals surface area contributed by atoms with Gasteiger partial charge in [-0.05, 0) is 41.0 Å². The maximum Gasteiger partial charge on any atom is 0.275 e. The number of fused-ring (bicyclic) bond motifs is 1. The molecule has 0 spiro atoms. The lowest BCUT2D eigenvalue weighted by atomic mass is 10.1. The third-order valence-corrected chi connectivity index (χ3v) is 5.78. The lowest BCUT2D eigenvalue weighted by molar-refractivity contribution is 0.414. The van der Waals surface area contributed by atoms with Crippen molar-refractivity contribution in [2.45, 2.75) is 6.54 Å². The Bertz CT molecular complexity index is 1500. The van der Waals surface area contributed by atoms with E-state index in [1.165, 1.54) is 0 Å². The first kappa shape index (κ1) is 22.0. The number of imidazole rings is 1. The predicted octanol–water partition coefficient (Wildman–Crippen LogP) is 6.34. The number of nitrogens with one attached hydrogen (secondary N) is 1. The Morgan fingerprint density at radius 3 is 2.49 bits per heavy atom. The first-order valence-corrected chi connectivity index (χ1v) is 11.2. The number of ether oxygens (including phenoxy) is 1. The van der Waals surface area contributed by atoms with Crippen LogP contribution in [0, 0.1) is 6.57 Å². The zero-order chi connectivity index (χ0) is 24.2. The average molecular weight is 461 g/mol. The van der Waals surface area contributed by atoms with Crippen LogP contribution >= 0.6 is 0 Å². The van der Waals surface area contributed by atoms with Crippen LogP contribution in [0.2, 0.25) is 0 Å². The van der Waals surface area contributed by atoms with Crippen LogP contribution < -0.4 is 15.0 Å². The SMILES string of the molecule is [C-]#[N+]c1cnc2c(N(C)Cc3ccc(OC)cc3)cc(Nc3cccc(-c4ccccc4)c3)nn12. The molecule has 3 aromatic carbocycles. The van der Waals surface area contributed by atoms with Crippen LogP contribution in [0.5, 0.6) is 5.75 Å². The summed E-state index contributed by atoms with van der Waals surface area (Å²) in [5.41, 5.74) is 5.79. The largest absolute Gasteiger partial charge is 0.497 e. The van der Waals surface area contributed by atoms with Crippen molar-refractivity contribution in [1.82, 2.24) is 14.6 Å². The molecule has 0 fully saturated rings. The first-order valence-electron chi connectivity index (χ1n) is 11.2. The van der Waals surface area contributed by atoms with Gasteiger partial charge in [0, 0.05) is 25.3 Å². The minimum absolute atomic E-state index is 0.362. The zero-order valence-electron chi connectivity index (χ0n) is 19.5. The highest BCUT2D eigenvalue weighted by Crippen LogP contribution is 2.30. The minimum atomic E-state index is 0.362. The van der Waals surface area contributed by atoms with Gasteiger partial charge >= 0.3 is 0 Å². The highest BCUT2D eigenvalue weighted by Gasteiger charge is 2.18. The van der Waals surface area contributed by atoms with Gasteiger partial charge < -0.3 is 19.8 Å². The highest BCUT2D eigenvalue weighted by molar-refractivity contribution is 5.76. The summed E-state index contributed by atoms with van der Waals surface area (Å²) in [5, 5.41) is 8.08. The fourth-order valence-electron chi connectivity index (χ4n) is 4.00. The lowest BCUT2D eigenvalue weighted by Crippen LogP contribution is -2.18. The van der Waals surface area contributed by atoms with Crippen LogP contribution in [0.3, 0.4) is 0 Å². The van der Waals surface area contributed by atoms with E-state index >= 15 is 0 Å². The molecule has 1 N–H and O–H groups in total. The molecule has 5 rings (SSSR count). The molecular formula is C28H24N6O. The van der Waals surface area contributed by atoms with Crippen LogP contribution in [-0.2, 0) is 6.54 Å². The quantitative estimate of drug-likeness (QED) is 0.287. The van der Waals surface area contributed by atoms with Crippen LogP contribution in [0.4, 0.5) is 23.0 Å². The molecule has 0 saturated carbocycles. The summed E-state index contributed by atoms with van der Waals surface area (Å²) in [4.78, 5) is 10.2. The predicted molar refractivity (Wildman–Crippen MR) is 140 cm³/mol. The molecule has 0 unspecified atom stereocenters. The summed E-state index contributed by atoms with van der Waals surface area (Å²) in [6.45, 7) is 8.19. The molecule has 5 aromatic rings. The number of methoxy groups -OCH3 is 1. The van der Waals surface area contributed by atoms with E-state index in [1.807, 2.05) is 67.7 Å². The van der Waals surface area contributed by atoms with Crippen LogP contribution in [0.1, 0.15) is 5.56 Å². The second kappa shape index (κ2) is 9.57. The van der Waals surface area contributed by atoms with Gasteiger partial charge in [-0.3, -0.25) is 0 Å². The number of hydrogen-bond acceptors (Lipinski definition) is 5. The Balaban J connectivity index is 1.49. The molecule has 0 bridgehead atoms. The molecule has 2 aromatic heterocycles. The molecule has 0 aliphatic heterocycles. The minimum Gasteiger partial charge on any atom is -0.497 e. The molecule has 172 valence electrons. The molecule has 0 aliphatic rings. The maximum atomic E-state index is 7.53. The molecule has 7 heteroatoms. The summed E-state index contributed by atoms with van der Waals surface area (Å²) < 4.78 is 6.86. The molecule has 0 aliphatic carbocycles. The van der Waals surface area contributed by atoms with Gasteiger partial charge in [-0.2, -0.15) is 0 Å². The molecule has 0 radical (unpaired) electrons. The Morgan fingerprint density at radius 1 is 0.971 bits per heavy atom.